The quantitative estimate of drug-likeness (QED) is 0.611. The monoisotopic (exact) mass is 303 g/mol. The summed E-state index contributed by atoms with van der Waals surface area (Å²) < 4.78 is 1.41. The molecule has 0 saturated heterocycles. The fourth-order valence-electron chi connectivity index (χ4n) is 0.499. The van der Waals surface area contributed by atoms with Crippen molar-refractivity contribution in [2.24, 2.45) is 0 Å². The molecule has 1 aliphatic rings. The van der Waals surface area contributed by atoms with Crippen molar-refractivity contribution in [1.29, 1.82) is 0 Å². The summed E-state index contributed by atoms with van der Waals surface area (Å²) >= 11 is -0.00521. The average molecular weight is 304 g/mol. The number of rotatable bonds is 1. The molecule has 1 rings (SSSR count). The van der Waals surface area contributed by atoms with Crippen molar-refractivity contribution < 1.29 is 15.3 Å². The van der Waals surface area contributed by atoms with Gasteiger partial charge in [0.2, 0.25) is 0 Å². The SMILES string of the molecule is CP(C)C.CP(C)C.[Cl][V][C]1=CC=CC1. The molecular weight excluding hydrogens is 280 g/mol. The average Bonchev–Trinajstić information content (AvgIpc) is 2.52. The summed E-state index contributed by atoms with van der Waals surface area (Å²) in [5.74, 6) is 0. The summed E-state index contributed by atoms with van der Waals surface area (Å²) in [6, 6.07) is 0. The van der Waals surface area contributed by atoms with E-state index in [4.69, 9.17) is 9.85 Å². The first kappa shape index (κ1) is 18.6. The molecule has 0 amide bonds. The van der Waals surface area contributed by atoms with Crippen molar-refractivity contribution in [3.05, 3.63) is 22.5 Å². The van der Waals surface area contributed by atoms with Gasteiger partial charge in [0.25, 0.3) is 0 Å². The van der Waals surface area contributed by atoms with E-state index in [1.807, 2.05) is 0 Å². The van der Waals surface area contributed by atoms with Crippen molar-refractivity contribution in [3.63, 3.8) is 0 Å². The molecule has 89 valence electrons. The minimum absolute atomic E-state index is 0.00521. The van der Waals surface area contributed by atoms with Gasteiger partial charge in [-0.3, -0.25) is 0 Å². The molecule has 0 aromatic rings. The zero-order valence-corrected chi connectivity index (χ0v) is 14.6. The van der Waals surface area contributed by atoms with Crippen molar-refractivity contribution in [2.75, 3.05) is 40.0 Å². The van der Waals surface area contributed by atoms with Crippen LogP contribution in [0.4, 0.5) is 0 Å². The topological polar surface area (TPSA) is 0 Å². The molecule has 0 fully saturated rings. The summed E-state index contributed by atoms with van der Waals surface area (Å²) in [5, 5.41) is 0. The van der Waals surface area contributed by atoms with Gasteiger partial charge in [-0.1, -0.05) is 0 Å². The van der Waals surface area contributed by atoms with E-state index >= 15 is 0 Å². The van der Waals surface area contributed by atoms with Crippen LogP contribution < -0.4 is 0 Å². The first-order valence-electron chi connectivity index (χ1n) is 4.79. The third kappa shape index (κ3) is 25.5. The Hall–Kier alpha value is 1.21. The van der Waals surface area contributed by atoms with E-state index < -0.39 is 0 Å². The van der Waals surface area contributed by atoms with Crippen LogP contribution in [0.25, 0.3) is 0 Å². The molecule has 0 spiro atoms. The zero-order valence-electron chi connectivity index (χ0n) is 10.7. The molecule has 0 atom stereocenters. The van der Waals surface area contributed by atoms with Gasteiger partial charge in [0.15, 0.2) is 0 Å². The summed E-state index contributed by atoms with van der Waals surface area (Å²) in [7, 11) is 6.35. The second kappa shape index (κ2) is 13.3. The van der Waals surface area contributed by atoms with Gasteiger partial charge in [-0.15, -0.1) is 15.8 Å². The second-order valence-electron chi connectivity index (χ2n) is 4.06. The Bertz CT molecular complexity index is 178. The Morgan fingerprint density at radius 1 is 1.07 bits per heavy atom. The molecule has 0 unspecified atom stereocenters. The standard InChI is InChI=1S/C5H5.2C3H9P.ClH.V/c1-2-4-5-3-1;2*1-4(2)3;;/h1-3H,4H2;2*1-3H3;1H;/q;;;;+1/p-1. The molecule has 0 nitrogen and oxygen atoms in total. The van der Waals surface area contributed by atoms with E-state index in [9.17, 15) is 0 Å². The molecule has 0 radical (unpaired) electrons. The van der Waals surface area contributed by atoms with Crippen molar-refractivity contribution >= 4 is 25.7 Å². The second-order valence-corrected chi connectivity index (χ2v) is 11.3. The third-order valence-electron chi connectivity index (χ3n) is 0.860. The molecule has 0 N–H and O–H groups in total. The van der Waals surface area contributed by atoms with Gasteiger partial charge in [-0.05, 0) is 40.0 Å². The summed E-state index contributed by atoms with van der Waals surface area (Å²) in [5.41, 5.74) is 0. The van der Waals surface area contributed by atoms with E-state index in [2.05, 4.69) is 58.2 Å². The van der Waals surface area contributed by atoms with Crippen LogP contribution in [0.5, 0.6) is 0 Å². The Kier molecular flexibility index (Phi) is 16.4. The van der Waals surface area contributed by atoms with Crippen LogP contribution in [0.15, 0.2) is 22.5 Å². The van der Waals surface area contributed by atoms with Gasteiger partial charge >= 0.3 is 54.1 Å². The normalized spacial score (nSPS) is 12.7. The Labute approximate surface area is 110 Å². The van der Waals surface area contributed by atoms with Crippen LogP contribution in [0, 0.1) is 0 Å². The van der Waals surface area contributed by atoms with Gasteiger partial charge in [0.1, 0.15) is 0 Å². The van der Waals surface area contributed by atoms with Crippen LogP contribution in [0.2, 0.25) is 0 Å². The molecule has 0 aromatic heterocycles. The fourth-order valence-corrected chi connectivity index (χ4v) is 1.51. The van der Waals surface area contributed by atoms with Crippen molar-refractivity contribution in [3.8, 4) is 0 Å². The van der Waals surface area contributed by atoms with Gasteiger partial charge in [0.05, 0.1) is 0 Å². The van der Waals surface area contributed by atoms with Crippen LogP contribution in [0.1, 0.15) is 6.42 Å². The van der Waals surface area contributed by atoms with Gasteiger partial charge in [-0.25, -0.2) is 0 Å². The number of hydrogen-bond acceptors (Lipinski definition) is 0. The summed E-state index contributed by atoms with van der Waals surface area (Å²) in [6.45, 7) is 13.4. The zero-order chi connectivity index (χ0) is 12.3. The fraction of sp³-hybridized carbons (Fsp3) is 0.636. The van der Waals surface area contributed by atoms with Gasteiger partial charge in [-0.2, -0.15) is 0 Å². The molecule has 4 heteroatoms. The predicted molar refractivity (Wildman–Crippen MR) is 77.1 cm³/mol. The minimum atomic E-state index is -0.00521. The van der Waals surface area contributed by atoms with Crippen molar-refractivity contribution in [2.45, 2.75) is 6.42 Å². The van der Waals surface area contributed by atoms with Crippen molar-refractivity contribution in [1.82, 2.24) is 0 Å². The number of hydrogen-bond donors (Lipinski definition) is 0. The summed E-state index contributed by atoms with van der Waals surface area (Å²) in [6.07, 6.45) is 7.40. The molecule has 0 saturated carbocycles. The van der Waals surface area contributed by atoms with Gasteiger partial charge < -0.3 is 0 Å². The van der Waals surface area contributed by atoms with E-state index in [0.29, 0.717) is 15.8 Å². The van der Waals surface area contributed by atoms with E-state index in [-0.39, 0.29) is 15.3 Å². The first-order valence-corrected chi connectivity index (χ1v) is 12.8. The third-order valence-corrected chi connectivity index (χ3v) is 2.61. The molecule has 15 heavy (non-hydrogen) atoms. The molecule has 0 bridgehead atoms. The van der Waals surface area contributed by atoms with E-state index in [0.717, 1.165) is 6.42 Å². The van der Waals surface area contributed by atoms with Crippen LogP contribution in [-0.4, -0.2) is 40.0 Å². The van der Waals surface area contributed by atoms with Crippen LogP contribution in [0.3, 0.4) is 0 Å². The molecular formula is C11H23ClP2V. The Balaban J connectivity index is 0. The van der Waals surface area contributed by atoms with Crippen LogP contribution in [-0.2, 0) is 15.3 Å². The maximum absolute atomic E-state index is 5.59. The van der Waals surface area contributed by atoms with E-state index in [1.54, 1.807) is 0 Å². The molecule has 0 aliphatic heterocycles. The first-order chi connectivity index (χ1) is 6.90. The van der Waals surface area contributed by atoms with E-state index in [1.165, 1.54) is 4.28 Å². The maximum atomic E-state index is 5.59. The Morgan fingerprint density at radius 2 is 1.47 bits per heavy atom. The molecule has 1 aliphatic carbocycles. The van der Waals surface area contributed by atoms with Crippen LogP contribution >= 0.6 is 25.7 Å². The summed E-state index contributed by atoms with van der Waals surface area (Å²) in [4.78, 5) is 0. The molecule has 0 heterocycles. The molecule has 0 aromatic carbocycles. The number of halogens is 1. The Morgan fingerprint density at radius 3 is 1.60 bits per heavy atom. The predicted octanol–water partition coefficient (Wildman–Crippen LogP) is 4.78. The number of allylic oxidation sites excluding steroid dienone is 4. The van der Waals surface area contributed by atoms with Gasteiger partial charge in [0, 0.05) is 0 Å².